The second-order valence-electron chi connectivity index (χ2n) is 27.2. The molecule has 0 spiro atoms. The van der Waals surface area contributed by atoms with Crippen LogP contribution in [-0.4, -0.2) is 96.7 Å². The third-order valence-corrected chi connectivity index (χ3v) is 19.2. The average Bonchev–Trinajstić information content (AvgIpc) is 1.89. The van der Waals surface area contributed by atoms with E-state index in [1.165, 1.54) is 205 Å². The standard InChI is InChI=1S/C74H144O17P2/c1-6-9-12-15-17-19-21-23-24-25-28-32-35-39-43-48-53-58-72(77)85-64-70(91-74(79)60-55-50-45-41-37-33-29-26-27-31-34-38-42-47-51-56-67(4)5)66-89-93(82,83)87-62-68(75)61-86-92(80,81)88-65-69(63-84-71(76)57-52-46-14-11-8-3)90-73(78)59-54-49-44-40-36-30-22-20-18-16-13-10-7-2/h67-70,75H,6-66H2,1-5H3,(H,80,81)(H,82,83)/t68-,69+,70+/m0/s1. The molecule has 0 bridgehead atoms. The lowest BCUT2D eigenvalue weighted by molar-refractivity contribution is -0.161. The van der Waals surface area contributed by atoms with Crippen molar-refractivity contribution in [1.82, 2.24) is 0 Å². The highest BCUT2D eigenvalue weighted by Gasteiger charge is 2.30. The number of carbonyl (C=O) groups is 4. The lowest BCUT2D eigenvalue weighted by Gasteiger charge is -2.21. The predicted octanol–water partition coefficient (Wildman–Crippen LogP) is 21.7. The minimum Gasteiger partial charge on any atom is -0.462 e. The molecule has 0 aromatic rings. The third-order valence-electron chi connectivity index (χ3n) is 17.3. The van der Waals surface area contributed by atoms with Gasteiger partial charge in [0.15, 0.2) is 12.2 Å². The van der Waals surface area contributed by atoms with Gasteiger partial charge in [0.1, 0.15) is 19.3 Å². The summed E-state index contributed by atoms with van der Waals surface area (Å²) in [5.41, 5.74) is 0. The molecule has 19 heteroatoms. The van der Waals surface area contributed by atoms with Gasteiger partial charge in [-0.1, -0.05) is 336 Å². The molecule has 2 unspecified atom stereocenters. The normalized spacial score (nSPS) is 14.0. The summed E-state index contributed by atoms with van der Waals surface area (Å²) in [7, 11) is -9.90. The van der Waals surface area contributed by atoms with Crippen LogP contribution < -0.4 is 0 Å². The molecule has 93 heavy (non-hydrogen) atoms. The minimum absolute atomic E-state index is 0.107. The van der Waals surface area contributed by atoms with E-state index in [-0.39, 0.29) is 25.7 Å². The van der Waals surface area contributed by atoms with E-state index in [1.807, 2.05) is 0 Å². The highest BCUT2D eigenvalue weighted by Crippen LogP contribution is 2.45. The van der Waals surface area contributed by atoms with Gasteiger partial charge in [0, 0.05) is 25.7 Å². The zero-order valence-corrected chi connectivity index (χ0v) is 62.2. The van der Waals surface area contributed by atoms with E-state index >= 15 is 0 Å². The fourth-order valence-corrected chi connectivity index (χ4v) is 12.9. The van der Waals surface area contributed by atoms with Crippen LogP contribution in [0, 0.1) is 5.92 Å². The van der Waals surface area contributed by atoms with Crippen LogP contribution in [0.1, 0.15) is 388 Å². The zero-order valence-electron chi connectivity index (χ0n) is 60.4. The fraction of sp³-hybridized carbons (Fsp3) is 0.946. The van der Waals surface area contributed by atoms with E-state index in [9.17, 15) is 43.2 Å². The topological polar surface area (TPSA) is 237 Å². The Hall–Kier alpha value is -1.94. The Kier molecular flexibility index (Phi) is 65.9. The number of rotatable bonds is 74. The van der Waals surface area contributed by atoms with Crippen molar-refractivity contribution in [2.24, 2.45) is 5.92 Å². The first-order chi connectivity index (χ1) is 45.0. The maximum absolute atomic E-state index is 13.1. The first-order valence-corrected chi connectivity index (χ1v) is 41.6. The van der Waals surface area contributed by atoms with Crippen molar-refractivity contribution in [3.8, 4) is 0 Å². The monoisotopic (exact) mass is 1370 g/mol. The molecule has 0 saturated heterocycles. The van der Waals surface area contributed by atoms with E-state index in [2.05, 4.69) is 34.6 Å². The molecule has 0 aromatic carbocycles. The van der Waals surface area contributed by atoms with Crippen LogP contribution in [0.3, 0.4) is 0 Å². The smallest absolute Gasteiger partial charge is 0.462 e. The van der Waals surface area contributed by atoms with Crippen LogP contribution in [0.2, 0.25) is 0 Å². The van der Waals surface area contributed by atoms with Crippen molar-refractivity contribution in [2.45, 2.75) is 406 Å². The van der Waals surface area contributed by atoms with Crippen molar-refractivity contribution in [1.29, 1.82) is 0 Å². The first-order valence-electron chi connectivity index (χ1n) is 38.6. The number of phosphoric acid groups is 2. The number of phosphoric ester groups is 2. The summed E-state index contributed by atoms with van der Waals surface area (Å²) in [6, 6.07) is 0. The molecular formula is C74H144O17P2. The molecule has 0 aliphatic heterocycles. The number of carbonyl (C=O) groups excluding carboxylic acids is 4. The molecular weight excluding hydrogens is 1220 g/mol. The van der Waals surface area contributed by atoms with Gasteiger partial charge in [-0.25, -0.2) is 9.13 Å². The van der Waals surface area contributed by atoms with Crippen LogP contribution in [0.5, 0.6) is 0 Å². The molecule has 0 heterocycles. The quantitative estimate of drug-likeness (QED) is 0.0222. The first kappa shape index (κ1) is 91.1. The zero-order chi connectivity index (χ0) is 68.4. The van der Waals surface area contributed by atoms with Gasteiger partial charge in [-0.2, -0.15) is 0 Å². The van der Waals surface area contributed by atoms with Crippen LogP contribution in [0.4, 0.5) is 0 Å². The van der Waals surface area contributed by atoms with E-state index < -0.39 is 97.5 Å². The van der Waals surface area contributed by atoms with Gasteiger partial charge in [-0.05, 0) is 31.6 Å². The molecule has 0 radical (unpaired) electrons. The van der Waals surface area contributed by atoms with Crippen molar-refractivity contribution in [3.05, 3.63) is 0 Å². The summed E-state index contributed by atoms with van der Waals surface area (Å²) in [5.74, 6) is -1.32. The Morgan fingerprint density at radius 1 is 0.290 bits per heavy atom. The Balaban J connectivity index is 5.14. The molecule has 3 N–H and O–H groups in total. The van der Waals surface area contributed by atoms with Gasteiger partial charge in [-0.3, -0.25) is 37.3 Å². The Morgan fingerprint density at radius 2 is 0.495 bits per heavy atom. The van der Waals surface area contributed by atoms with Crippen molar-refractivity contribution in [2.75, 3.05) is 39.6 Å². The van der Waals surface area contributed by atoms with Gasteiger partial charge in [0.2, 0.25) is 0 Å². The fourth-order valence-electron chi connectivity index (χ4n) is 11.4. The minimum atomic E-state index is -4.95. The molecule has 552 valence electrons. The van der Waals surface area contributed by atoms with Crippen molar-refractivity contribution in [3.63, 3.8) is 0 Å². The number of unbranched alkanes of at least 4 members (excludes halogenated alkanes) is 46. The lowest BCUT2D eigenvalue weighted by Crippen LogP contribution is -2.30. The largest absolute Gasteiger partial charge is 0.472 e. The van der Waals surface area contributed by atoms with E-state index in [1.54, 1.807) is 0 Å². The van der Waals surface area contributed by atoms with Gasteiger partial charge >= 0.3 is 39.5 Å². The van der Waals surface area contributed by atoms with Gasteiger partial charge in [0.05, 0.1) is 26.4 Å². The summed E-state index contributed by atoms with van der Waals surface area (Å²) in [6.45, 7) is 7.22. The summed E-state index contributed by atoms with van der Waals surface area (Å²) in [6.07, 6.45) is 55.8. The molecule has 17 nitrogen and oxygen atoms in total. The second kappa shape index (κ2) is 67.3. The molecule has 0 amide bonds. The molecule has 0 aromatic heterocycles. The third kappa shape index (κ3) is 68.4. The van der Waals surface area contributed by atoms with Gasteiger partial charge < -0.3 is 33.8 Å². The maximum Gasteiger partial charge on any atom is 0.472 e. The summed E-state index contributed by atoms with van der Waals surface area (Å²) in [4.78, 5) is 72.4. The number of hydrogen-bond donors (Lipinski definition) is 3. The van der Waals surface area contributed by atoms with Crippen LogP contribution >= 0.6 is 15.6 Å². The maximum atomic E-state index is 13.1. The average molecular weight is 1370 g/mol. The van der Waals surface area contributed by atoms with Crippen molar-refractivity contribution >= 4 is 39.5 Å². The molecule has 0 aliphatic rings. The van der Waals surface area contributed by atoms with Crippen LogP contribution in [0.15, 0.2) is 0 Å². The highest BCUT2D eigenvalue weighted by molar-refractivity contribution is 7.47. The number of hydrogen-bond acceptors (Lipinski definition) is 15. The number of esters is 4. The summed E-state index contributed by atoms with van der Waals surface area (Å²) < 4.78 is 68.2. The predicted molar refractivity (Wildman–Crippen MR) is 377 cm³/mol. The molecule has 0 aliphatic carbocycles. The van der Waals surface area contributed by atoms with Gasteiger partial charge in [-0.15, -0.1) is 0 Å². The van der Waals surface area contributed by atoms with Crippen molar-refractivity contribution < 1.29 is 80.2 Å². The van der Waals surface area contributed by atoms with Gasteiger partial charge in [0.25, 0.3) is 0 Å². The summed E-state index contributed by atoms with van der Waals surface area (Å²) in [5, 5.41) is 10.6. The Labute approximate surface area is 568 Å². The Morgan fingerprint density at radius 3 is 0.731 bits per heavy atom. The Bertz CT molecular complexity index is 1790. The number of aliphatic hydroxyl groups excluding tert-OH is 1. The molecule has 0 fully saturated rings. The highest BCUT2D eigenvalue weighted by atomic mass is 31.2. The molecule has 0 saturated carbocycles. The summed E-state index contributed by atoms with van der Waals surface area (Å²) >= 11 is 0. The SMILES string of the molecule is CCCCCCCCCCCCCCCCCCCC(=O)OC[C@H](COP(=O)(O)OC[C@@H](O)COP(=O)(O)OC[C@@H](COC(=O)CCCCCCC)OC(=O)CCCCCCCCCCCCCCC)OC(=O)CCCCCCCCCCCCCCCCCC(C)C. The lowest BCUT2D eigenvalue weighted by atomic mass is 10.0. The molecule has 5 atom stereocenters. The second-order valence-corrected chi connectivity index (χ2v) is 30.1. The number of aliphatic hydroxyl groups is 1. The van der Waals surface area contributed by atoms with E-state index in [0.29, 0.717) is 25.7 Å². The molecule has 0 rings (SSSR count). The van der Waals surface area contributed by atoms with Crippen LogP contribution in [0.25, 0.3) is 0 Å². The van der Waals surface area contributed by atoms with Crippen LogP contribution in [-0.2, 0) is 65.4 Å². The number of ether oxygens (including phenoxy) is 4. The van der Waals surface area contributed by atoms with E-state index in [4.69, 9.17) is 37.0 Å². The van der Waals surface area contributed by atoms with E-state index in [0.717, 1.165) is 102 Å².